The van der Waals surface area contributed by atoms with Crippen molar-refractivity contribution in [1.29, 1.82) is 0 Å². The number of thiophene rings is 1. The summed E-state index contributed by atoms with van der Waals surface area (Å²) in [5, 5.41) is 5.37. The van der Waals surface area contributed by atoms with E-state index in [0.717, 1.165) is 37.3 Å². The third-order valence-corrected chi connectivity index (χ3v) is 7.03. The van der Waals surface area contributed by atoms with E-state index in [4.69, 9.17) is 0 Å². The Labute approximate surface area is 137 Å². The molecule has 0 radical (unpaired) electrons. The molecule has 2 bridgehead atoms. The van der Waals surface area contributed by atoms with E-state index < -0.39 is 0 Å². The second kappa shape index (κ2) is 5.97. The molecule has 22 heavy (non-hydrogen) atoms. The molecular weight excluding hydrogens is 292 g/mol. The van der Waals surface area contributed by atoms with Gasteiger partial charge in [0.25, 0.3) is 0 Å². The standard InChI is InChI=1S/C18H26N2OS/c1-19-16-17-15(5-7-22-17)4-6-20(18(16)21)11-14-9-12-2-3-13(8-12)10-14/h5,7,12-14,16,19H,2-4,6,8-11H2,1H3. The summed E-state index contributed by atoms with van der Waals surface area (Å²) >= 11 is 1.72. The highest BCUT2D eigenvalue weighted by molar-refractivity contribution is 7.10. The highest BCUT2D eigenvalue weighted by Crippen LogP contribution is 2.45. The van der Waals surface area contributed by atoms with Crippen LogP contribution in [0.2, 0.25) is 0 Å². The first-order valence-corrected chi connectivity index (χ1v) is 9.65. The van der Waals surface area contributed by atoms with E-state index in [9.17, 15) is 4.79 Å². The van der Waals surface area contributed by atoms with Gasteiger partial charge in [-0.2, -0.15) is 0 Å². The van der Waals surface area contributed by atoms with Crippen LogP contribution in [0.3, 0.4) is 0 Å². The van der Waals surface area contributed by atoms with Gasteiger partial charge in [-0.05, 0) is 67.5 Å². The Hall–Kier alpha value is -0.870. The largest absolute Gasteiger partial charge is 0.340 e. The number of fused-ring (bicyclic) bond motifs is 3. The van der Waals surface area contributed by atoms with Crippen LogP contribution in [0.5, 0.6) is 0 Å². The maximum Gasteiger partial charge on any atom is 0.245 e. The van der Waals surface area contributed by atoms with Crippen molar-refractivity contribution in [2.24, 2.45) is 17.8 Å². The summed E-state index contributed by atoms with van der Waals surface area (Å²) in [4.78, 5) is 16.4. The van der Waals surface area contributed by atoms with Gasteiger partial charge in [-0.25, -0.2) is 0 Å². The van der Waals surface area contributed by atoms with Gasteiger partial charge < -0.3 is 10.2 Å². The molecule has 0 aromatic carbocycles. The van der Waals surface area contributed by atoms with E-state index in [0.29, 0.717) is 5.91 Å². The van der Waals surface area contributed by atoms with E-state index in [-0.39, 0.29) is 6.04 Å². The lowest BCUT2D eigenvalue weighted by Crippen LogP contribution is -2.42. The molecule has 4 rings (SSSR count). The smallest absolute Gasteiger partial charge is 0.245 e. The van der Waals surface area contributed by atoms with Crippen molar-refractivity contribution < 1.29 is 4.79 Å². The molecule has 3 nitrogen and oxygen atoms in total. The van der Waals surface area contributed by atoms with Gasteiger partial charge in [-0.1, -0.05) is 12.8 Å². The highest BCUT2D eigenvalue weighted by atomic mass is 32.1. The third-order valence-electron chi connectivity index (χ3n) is 6.00. The lowest BCUT2D eigenvalue weighted by atomic mass is 9.81. The number of carbonyl (C=O) groups is 1. The number of hydrogen-bond acceptors (Lipinski definition) is 3. The van der Waals surface area contributed by atoms with E-state index in [2.05, 4.69) is 21.7 Å². The van der Waals surface area contributed by atoms with E-state index in [1.54, 1.807) is 11.3 Å². The summed E-state index contributed by atoms with van der Waals surface area (Å²) < 4.78 is 0. The van der Waals surface area contributed by atoms with Crippen LogP contribution in [0.4, 0.5) is 0 Å². The Morgan fingerprint density at radius 2 is 2.05 bits per heavy atom. The Balaban J connectivity index is 1.48. The number of likely N-dealkylation sites (N-methyl/N-ethyl adjacent to an activating group) is 1. The Morgan fingerprint density at radius 3 is 2.77 bits per heavy atom. The molecule has 2 saturated carbocycles. The predicted octanol–water partition coefficient (Wildman–Crippen LogP) is 3.22. The molecule has 3 atom stereocenters. The molecule has 1 aliphatic heterocycles. The van der Waals surface area contributed by atoms with Crippen LogP contribution >= 0.6 is 11.3 Å². The van der Waals surface area contributed by atoms with Crippen molar-refractivity contribution in [2.45, 2.75) is 44.6 Å². The average Bonchev–Trinajstić information content (AvgIpc) is 3.08. The fourth-order valence-electron chi connectivity index (χ4n) is 5.01. The number of nitrogens with zero attached hydrogens (tertiary/aromatic N) is 1. The van der Waals surface area contributed by atoms with Crippen LogP contribution in [0.25, 0.3) is 0 Å². The lowest BCUT2D eigenvalue weighted by molar-refractivity contribution is -0.134. The molecule has 4 heteroatoms. The summed E-state index contributed by atoms with van der Waals surface area (Å²) in [6, 6.07) is 2.07. The van der Waals surface area contributed by atoms with Crippen molar-refractivity contribution in [3.05, 3.63) is 21.9 Å². The summed E-state index contributed by atoms with van der Waals surface area (Å²) in [6.45, 7) is 1.88. The number of nitrogens with one attached hydrogen (secondary N) is 1. The Bertz CT molecular complexity index is 543. The van der Waals surface area contributed by atoms with E-state index >= 15 is 0 Å². The van der Waals surface area contributed by atoms with Crippen LogP contribution in [0.15, 0.2) is 11.4 Å². The molecule has 3 unspecified atom stereocenters. The summed E-state index contributed by atoms with van der Waals surface area (Å²) in [7, 11) is 1.91. The number of hydrogen-bond donors (Lipinski definition) is 1. The molecule has 0 spiro atoms. The molecule has 3 aliphatic rings. The minimum Gasteiger partial charge on any atom is -0.340 e. The number of amides is 1. The monoisotopic (exact) mass is 318 g/mol. The maximum absolute atomic E-state index is 13.0. The van der Waals surface area contributed by atoms with Gasteiger partial charge in [0.2, 0.25) is 5.91 Å². The van der Waals surface area contributed by atoms with Crippen LogP contribution in [-0.4, -0.2) is 30.9 Å². The summed E-state index contributed by atoms with van der Waals surface area (Å²) in [6.07, 6.45) is 8.05. The van der Waals surface area contributed by atoms with Gasteiger partial charge in [-0.15, -0.1) is 11.3 Å². The maximum atomic E-state index is 13.0. The fourth-order valence-corrected chi connectivity index (χ4v) is 6.06. The zero-order valence-electron chi connectivity index (χ0n) is 13.4. The van der Waals surface area contributed by atoms with E-state index in [1.165, 1.54) is 42.5 Å². The molecule has 1 amide bonds. The van der Waals surface area contributed by atoms with Crippen LogP contribution in [-0.2, 0) is 11.2 Å². The molecule has 2 heterocycles. The van der Waals surface area contributed by atoms with Crippen molar-refractivity contribution in [3.8, 4) is 0 Å². The summed E-state index contributed by atoms with van der Waals surface area (Å²) in [5.41, 5.74) is 1.36. The Kier molecular flexibility index (Phi) is 3.99. The molecule has 1 aromatic heterocycles. The lowest BCUT2D eigenvalue weighted by Gasteiger charge is -2.33. The van der Waals surface area contributed by atoms with Gasteiger partial charge in [0.1, 0.15) is 6.04 Å². The van der Waals surface area contributed by atoms with Gasteiger partial charge in [0.05, 0.1) is 0 Å². The molecular formula is C18H26N2OS. The van der Waals surface area contributed by atoms with Gasteiger partial charge in [0.15, 0.2) is 0 Å². The van der Waals surface area contributed by atoms with Crippen LogP contribution < -0.4 is 5.32 Å². The number of rotatable bonds is 3. The van der Waals surface area contributed by atoms with Gasteiger partial charge in [0, 0.05) is 18.0 Å². The quantitative estimate of drug-likeness (QED) is 0.928. The summed E-state index contributed by atoms with van der Waals surface area (Å²) in [5.74, 6) is 2.94. The molecule has 1 N–H and O–H groups in total. The first-order valence-electron chi connectivity index (χ1n) is 8.77. The van der Waals surface area contributed by atoms with Gasteiger partial charge >= 0.3 is 0 Å². The zero-order chi connectivity index (χ0) is 15.1. The predicted molar refractivity (Wildman–Crippen MR) is 90.0 cm³/mol. The molecule has 2 aliphatic carbocycles. The van der Waals surface area contributed by atoms with Crippen LogP contribution in [0, 0.1) is 17.8 Å². The van der Waals surface area contributed by atoms with Gasteiger partial charge in [-0.3, -0.25) is 4.79 Å². The second-order valence-corrected chi connectivity index (χ2v) is 8.40. The number of carbonyl (C=O) groups excluding carboxylic acids is 1. The first kappa shape index (κ1) is 14.7. The van der Waals surface area contributed by atoms with Crippen LogP contribution in [0.1, 0.15) is 48.6 Å². The topological polar surface area (TPSA) is 32.3 Å². The zero-order valence-corrected chi connectivity index (χ0v) is 14.2. The fraction of sp³-hybridized carbons (Fsp3) is 0.722. The molecule has 1 aromatic rings. The third kappa shape index (κ3) is 2.61. The minimum atomic E-state index is -0.127. The average molecular weight is 318 g/mol. The van der Waals surface area contributed by atoms with Crippen molar-refractivity contribution in [3.63, 3.8) is 0 Å². The van der Waals surface area contributed by atoms with Crippen molar-refractivity contribution in [1.82, 2.24) is 10.2 Å². The Morgan fingerprint density at radius 1 is 1.27 bits per heavy atom. The molecule has 120 valence electrons. The SMILES string of the molecule is CNC1C(=O)N(CC2CC3CCC(C3)C2)CCc2ccsc21. The normalized spacial score (nSPS) is 34.6. The first-order chi connectivity index (χ1) is 10.7. The highest BCUT2D eigenvalue weighted by Gasteiger charge is 2.37. The minimum absolute atomic E-state index is 0.127. The van der Waals surface area contributed by atoms with E-state index in [1.807, 2.05) is 7.05 Å². The molecule has 0 saturated heterocycles. The molecule has 2 fully saturated rings. The van der Waals surface area contributed by atoms with Crippen molar-refractivity contribution >= 4 is 17.2 Å². The second-order valence-electron chi connectivity index (χ2n) is 7.45. The van der Waals surface area contributed by atoms with Crippen molar-refractivity contribution in [2.75, 3.05) is 20.1 Å².